The van der Waals surface area contributed by atoms with E-state index in [1.54, 1.807) is 22.9 Å². The fourth-order valence-corrected chi connectivity index (χ4v) is 6.71. The van der Waals surface area contributed by atoms with Gasteiger partial charge in [-0.1, -0.05) is 41.9 Å². The smallest absolute Gasteiger partial charge is 0.298 e. The maximum Gasteiger partial charge on any atom is 0.298 e. The van der Waals surface area contributed by atoms with Crippen molar-refractivity contribution in [3.8, 4) is 5.75 Å². The topological polar surface area (TPSA) is 141 Å². The highest BCUT2D eigenvalue weighted by atomic mass is 35.5. The highest BCUT2D eigenvalue weighted by molar-refractivity contribution is 7.94. The molecule has 1 fully saturated rings. The van der Waals surface area contributed by atoms with Gasteiger partial charge in [-0.2, -0.15) is 5.10 Å². The molecule has 4 aromatic rings. The van der Waals surface area contributed by atoms with Gasteiger partial charge >= 0.3 is 0 Å². The van der Waals surface area contributed by atoms with Crippen LogP contribution in [0.4, 0.5) is 5.82 Å². The second kappa shape index (κ2) is 11.7. The van der Waals surface area contributed by atoms with Crippen LogP contribution >= 0.6 is 22.9 Å². The number of nitrogens with one attached hydrogen (secondary N) is 3. The molecule has 3 N–H and O–H groups in total. The maximum atomic E-state index is 13.0. The van der Waals surface area contributed by atoms with Crippen molar-refractivity contribution in [1.29, 1.82) is 0 Å². The average Bonchev–Trinajstić information content (AvgIpc) is 3.52. The SMILES string of the molecule is O=COc1cccc2c1c(NS(=O)(=O)c1ccc(Cl)s1)nn2Cc1cccc(CNC(=O)C2COCCN2)c1. The Morgan fingerprint density at radius 2 is 2.05 bits per heavy atom. The van der Waals surface area contributed by atoms with Crippen LogP contribution in [0.25, 0.3) is 10.9 Å². The second-order valence-corrected chi connectivity index (χ2v) is 12.3. The lowest BCUT2D eigenvalue weighted by Gasteiger charge is -2.22. The van der Waals surface area contributed by atoms with Gasteiger partial charge in [0.1, 0.15) is 16.0 Å². The first kappa shape index (κ1) is 27.1. The molecule has 2 aromatic carbocycles. The van der Waals surface area contributed by atoms with Crippen LogP contribution in [0.15, 0.2) is 58.8 Å². The van der Waals surface area contributed by atoms with E-state index < -0.39 is 10.0 Å². The maximum absolute atomic E-state index is 13.0. The van der Waals surface area contributed by atoms with E-state index in [4.69, 9.17) is 21.1 Å². The van der Waals surface area contributed by atoms with Gasteiger partial charge in [0.2, 0.25) is 5.91 Å². The zero-order valence-electron chi connectivity index (χ0n) is 20.4. The third-order valence-electron chi connectivity index (χ3n) is 5.99. The quantitative estimate of drug-likeness (QED) is 0.240. The highest BCUT2D eigenvalue weighted by Gasteiger charge is 2.24. The molecular formula is C25H24ClN5O6S2. The Labute approximate surface area is 233 Å². The van der Waals surface area contributed by atoms with E-state index in [2.05, 4.69) is 20.5 Å². The van der Waals surface area contributed by atoms with E-state index in [0.717, 1.165) is 22.5 Å². The van der Waals surface area contributed by atoms with E-state index in [1.807, 2.05) is 24.3 Å². The number of nitrogens with zero attached hydrogens (tertiary/aromatic N) is 2. The Balaban J connectivity index is 1.40. The fraction of sp³-hybridized carbons (Fsp3) is 0.240. The van der Waals surface area contributed by atoms with Crippen molar-refractivity contribution in [3.63, 3.8) is 0 Å². The van der Waals surface area contributed by atoms with Crippen molar-refractivity contribution in [3.05, 3.63) is 70.1 Å². The first-order valence-electron chi connectivity index (χ1n) is 11.9. The molecule has 1 saturated heterocycles. The third kappa shape index (κ3) is 6.23. The van der Waals surface area contributed by atoms with Gasteiger partial charge in [-0.25, -0.2) is 8.42 Å². The first-order valence-corrected chi connectivity index (χ1v) is 14.6. The van der Waals surface area contributed by atoms with Gasteiger partial charge in [-0.05, 0) is 35.4 Å². The van der Waals surface area contributed by atoms with Gasteiger partial charge in [0.15, 0.2) is 5.82 Å². The Morgan fingerprint density at radius 1 is 1.23 bits per heavy atom. The Morgan fingerprint density at radius 3 is 2.79 bits per heavy atom. The zero-order valence-corrected chi connectivity index (χ0v) is 22.8. The summed E-state index contributed by atoms with van der Waals surface area (Å²) in [5, 5.41) is 10.9. The third-order valence-corrected chi connectivity index (χ3v) is 9.05. The molecule has 1 unspecified atom stereocenters. The predicted octanol–water partition coefficient (Wildman–Crippen LogP) is 2.74. The number of carbonyl (C=O) groups excluding carboxylic acids is 2. The molecule has 0 bridgehead atoms. The normalized spacial score (nSPS) is 15.7. The van der Waals surface area contributed by atoms with Gasteiger partial charge in [0.25, 0.3) is 16.5 Å². The number of amides is 1. The molecule has 1 aliphatic rings. The van der Waals surface area contributed by atoms with E-state index in [1.165, 1.54) is 12.1 Å². The lowest BCUT2D eigenvalue weighted by molar-refractivity contribution is -0.126. The summed E-state index contributed by atoms with van der Waals surface area (Å²) in [5.41, 5.74) is 2.30. The van der Waals surface area contributed by atoms with Crippen LogP contribution in [0, 0.1) is 0 Å². The first-order chi connectivity index (χ1) is 18.8. The Kier molecular flexibility index (Phi) is 8.14. The fourth-order valence-electron chi connectivity index (χ4n) is 4.22. The average molecular weight is 590 g/mol. The number of fused-ring (bicyclic) bond motifs is 1. The number of thiophene rings is 1. The molecule has 204 valence electrons. The number of rotatable bonds is 10. The number of ether oxygens (including phenoxy) is 2. The summed E-state index contributed by atoms with van der Waals surface area (Å²) in [6.45, 7) is 2.44. The number of hydrogen-bond donors (Lipinski definition) is 3. The number of carbonyl (C=O) groups is 2. The molecule has 0 aliphatic carbocycles. The van der Waals surface area contributed by atoms with Gasteiger partial charge in [-0.3, -0.25) is 19.0 Å². The van der Waals surface area contributed by atoms with Crippen LogP contribution in [-0.2, 0) is 37.4 Å². The largest absolute Gasteiger partial charge is 0.428 e. The summed E-state index contributed by atoms with van der Waals surface area (Å²) >= 11 is 6.85. The number of aromatic nitrogens is 2. The summed E-state index contributed by atoms with van der Waals surface area (Å²) in [7, 11) is -4.00. The molecule has 1 atom stereocenters. The number of hydrogen-bond acceptors (Lipinski definition) is 9. The van der Waals surface area contributed by atoms with Crippen LogP contribution in [-0.4, -0.2) is 56.4 Å². The minimum Gasteiger partial charge on any atom is -0.428 e. The number of halogens is 1. The Hall–Kier alpha value is -3.49. The van der Waals surface area contributed by atoms with Crippen LogP contribution in [0.2, 0.25) is 4.34 Å². The predicted molar refractivity (Wildman–Crippen MR) is 147 cm³/mol. The zero-order chi connectivity index (χ0) is 27.4. The van der Waals surface area contributed by atoms with Gasteiger partial charge in [0.05, 0.1) is 35.0 Å². The molecule has 3 heterocycles. The highest BCUT2D eigenvalue weighted by Crippen LogP contribution is 2.35. The van der Waals surface area contributed by atoms with E-state index >= 15 is 0 Å². The number of sulfonamides is 1. The molecule has 1 amide bonds. The number of morpholine rings is 1. The molecule has 11 nitrogen and oxygen atoms in total. The minimum atomic E-state index is -4.00. The molecule has 0 spiro atoms. The van der Waals surface area contributed by atoms with Crippen LogP contribution in [0.1, 0.15) is 11.1 Å². The van der Waals surface area contributed by atoms with E-state index in [-0.39, 0.29) is 40.7 Å². The van der Waals surface area contributed by atoms with Crippen molar-refractivity contribution in [2.75, 3.05) is 24.5 Å². The molecule has 14 heteroatoms. The number of anilines is 1. The van der Waals surface area contributed by atoms with E-state index in [0.29, 0.717) is 41.5 Å². The van der Waals surface area contributed by atoms with Gasteiger partial charge in [0, 0.05) is 13.1 Å². The molecule has 0 saturated carbocycles. The molecular weight excluding hydrogens is 566 g/mol. The monoisotopic (exact) mass is 589 g/mol. The van der Waals surface area contributed by atoms with Crippen LogP contribution < -0.4 is 20.1 Å². The second-order valence-electron chi connectivity index (χ2n) is 8.65. The lowest BCUT2D eigenvalue weighted by Crippen LogP contribution is -2.51. The van der Waals surface area contributed by atoms with E-state index in [9.17, 15) is 18.0 Å². The van der Waals surface area contributed by atoms with Crippen LogP contribution in [0.5, 0.6) is 5.75 Å². The number of benzene rings is 2. The van der Waals surface area contributed by atoms with Crippen molar-refractivity contribution >= 4 is 62.1 Å². The summed E-state index contributed by atoms with van der Waals surface area (Å²) in [6, 6.07) is 15.1. The summed E-state index contributed by atoms with van der Waals surface area (Å²) in [6.07, 6.45) is 0. The standard InChI is InChI=1S/C25H24ClN5O6S2/c26-21-7-8-22(38-21)39(34,35)30-24-23-19(5-2-6-20(23)37-15-32)31(29-24)13-17-4-1-3-16(11-17)12-28-25(33)18-14-36-10-9-27-18/h1-8,11,15,18,27H,9-10,12-14H2,(H,28,33)(H,29,30). The lowest BCUT2D eigenvalue weighted by atomic mass is 10.1. The van der Waals surface area contributed by atoms with Crippen molar-refractivity contribution in [1.82, 2.24) is 20.4 Å². The molecule has 2 aromatic heterocycles. The molecule has 0 radical (unpaired) electrons. The molecule has 5 rings (SSSR count). The summed E-state index contributed by atoms with van der Waals surface area (Å²) in [4.78, 5) is 23.6. The van der Waals surface area contributed by atoms with Crippen LogP contribution in [0.3, 0.4) is 0 Å². The molecule has 1 aliphatic heterocycles. The van der Waals surface area contributed by atoms with Crippen molar-refractivity contribution in [2.45, 2.75) is 23.3 Å². The van der Waals surface area contributed by atoms with Crippen molar-refractivity contribution < 1.29 is 27.5 Å². The summed E-state index contributed by atoms with van der Waals surface area (Å²) < 4.78 is 41.0. The van der Waals surface area contributed by atoms with Gasteiger partial charge in [-0.15, -0.1) is 11.3 Å². The summed E-state index contributed by atoms with van der Waals surface area (Å²) in [5.74, 6) is 0.0369. The van der Waals surface area contributed by atoms with Crippen molar-refractivity contribution in [2.24, 2.45) is 0 Å². The van der Waals surface area contributed by atoms with Gasteiger partial charge < -0.3 is 20.1 Å². The minimum absolute atomic E-state index is 0.0117. The Bertz CT molecular complexity index is 1610. The molecule has 39 heavy (non-hydrogen) atoms.